The van der Waals surface area contributed by atoms with Gasteiger partial charge in [0.15, 0.2) is 0 Å². The highest BCUT2D eigenvalue weighted by atomic mass is 15.1. The number of fused-ring (bicyclic) bond motifs is 4. The van der Waals surface area contributed by atoms with Crippen molar-refractivity contribution in [3.63, 3.8) is 0 Å². The van der Waals surface area contributed by atoms with Crippen molar-refractivity contribution in [1.82, 2.24) is 0 Å². The Kier molecular flexibility index (Phi) is 8.23. The maximum atomic E-state index is 2.41. The van der Waals surface area contributed by atoms with Gasteiger partial charge >= 0.3 is 0 Å². The van der Waals surface area contributed by atoms with Gasteiger partial charge in [0.05, 0.1) is 0 Å². The Morgan fingerprint density at radius 3 is 1.48 bits per heavy atom. The van der Waals surface area contributed by atoms with Crippen LogP contribution in [0.1, 0.15) is 25.0 Å². The Balaban J connectivity index is 1.02. The van der Waals surface area contributed by atoms with Crippen LogP contribution in [0.3, 0.4) is 0 Å². The average molecular weight is 716 g/mol. The third-order valence-electron chi connectivity index (χ3n) is 11.7. The lowest BCUT2D eigenvalue weighted by Gasteiger charge is -2.28. The summed E-state index contributed by atoms with van der Waals surface area (Å²) in [5.41, 5.74) is 18.4. The first-order chi connectivity index (χ1) is 27.5. The highest BCUT2D eigenvalue weighted by molar-refractivity contribution is 5.97. The maximum absolute atomic E-state index is 2.41. The number of benzene rings is 9. The van der Waals surface area contributed by atoms with Gasteiger partial charge in [0.1, 0.15) is 0 Å². The van der Waals surface area contributed by atoms with Gasteiger partial charge in [-0.1, -0.05) is 184 Å². The van der Waals surface area contributed by atoms with Gasteiger partial charge < -0.3 is 4.90 Å². The van der Waals surface area contributed by atoms with Crippen molar-refractivity contribution in [3.8, 4) is 55.6 Å². The SMILES string of the molecule is CC1(C)c2ccccc2-c2ccc(N(c3ccc(-c4ccc(-c5ccccc5)cc4)cc3)c3ccc(-c4cccc(-c5cccc6ccccc56)c4)cc3)cc21. The molecule has 1 aliphatic rings. The monoisotopic (exact) mass is 715 g/mol. The molecule has 0 radical (unpaired) electrons. The van der Waals surface area contributed by atoms with Gasteiger partial charge in [-0.15, -0.1) is 0 Å². The summed E-state index contributed by atoms with van der Waals surface area (Å²) in [6.45, 7) is 4.70. The van der Waals surface area contributed by atoms with Crippen LogP contribution in [0.5, 0.6) is 0 Å². The summed E-state index contributed by atoms with van der Waals surface area (Å²) >= 11 is 0. The van der Waals surface area contributed by atoms with Crippen LogP contribution in [0, 0.1) is 0 Å². The fraction of sp³-hybridized carbons (Fsp3) is 0.0545. The lowest BCUT2D eigenvalue weighted by Crippen LogP contribution is -2.16. The van der Waals surface area contributed by atoms with Gasteiger partial charge in [-0.25, -0.2) is 0 Å². The van der Waals surface area contributed by atoms with Crippen molar-refractivity contribution in [3.05, 3.63) is 223 Å². The van der Waals surface area contributed by atoms with E-state index in [9.17, 15) is 0 Å². The van der Waals surface area contributed by atoms with Gasteiger partial charge in [0, 0.05) is 22.5 Å². The Bertz CT molecular complexity index is 2840. The largest absolute Gasteiger partial charge is 0.310 e. The normalized spacial score (nSPS) is 12.6. The summed E-state index contributed by atoms with van der Waals surface area (Å²) < 4.78 is 0. The average Bonchev–Trinajstić information content (AvgIpc) is 3.50. The first-order valence-corrected chi connectivity index (χ1v) is 19.5. The van der Waals surface area contributed by atoms with E-state index in [1.54, 1.807) is 0 Å². The van der Waals surface area contributed by atoms with Gasteiger partial charge in [0.2, 0.25) is 0 Å². The quantitative estimate of drug-likeness (QED) is 0.159. The predicted molar refractivity (Wildman–Crippen MR) is 238 cm³/mol. The molecule has 56 heavy (non-hydrogen) atoms. The second-order valence-electron chi connectivity index (χ2n) is 15.4. The van der Waals surface area contributed by atoms with E-state index >= 15 is 0 Å². The fourth-order valence-electron chi connectivity index (χ4n) is 8.71. The molecule has 0 bridgehead atoms. The molecule has 10 rings (SSSR count). The molecule has 0 amide bonds. The lowest BCUT2D eigenvalue weighted by atomic mass is 9.82. The summed E-state index contributed by atoms with van der Waals surface area (Å²) in [5.74, 6) is 0. The van der Waals surface area contributed by atoms with E-state index in [1.807, 2.05) is 0 Å². The molecule has 0 unspecified atom stereocenters. The predicted octanol–water partition coefficient (Wildman–Crippen LogP) is 15.3. The number of hydrogen-bond acceptors (Lipinski definition) is 1. The van der Waals surface area contributed by atoms with Crippen LogP contribution in [-0.4, -0.2) is 0 Å². The molecule has 0 aromatic heterocycles. The molecule has 1 nitrogen and oxygen atoms in total. The molecular weight excluding hydrogens is 675 g/mol. The maximum Gasteiger partial charge on any atom is 0.0465 e. The first-order valence-electron chi connectivity index (χ1n) is 19.5. The van der Waals surface area contributed by atoms with Crippen LogP contribution in [0.4, 0.5) is 17.1 Å². The van der Waals surface area contributed by atoms with E-state index in [2.05, 4.69) is 231 Å². The zero-order valence-electron chi connectivity index (χ0n) is 31.7. The first kappa shape index (κ1) is 33.6. The van der Waals surface area contributed by atoms with Gasteiger partial charge in [-0.05, 0) is 120 Å². The van der Waals surface area contributed by atoms with Crippen molar-refractivity contribution < 1.29 is 0 Å². The summed E-state index contributed by atoms with van der Waals surface area (Å²) in [7, 11) is 0. The van der Waals surface area contributed by atoms with E-state index in [0.29, 0.717) is 0 Å². The Labute approximate surface area is 329 Å². The topological polar surface area (TPSA) is 3.24 Å². The van der Waals surface area contributed by atoms with Crippen LogP contribution in [0.2, 0.25) is 0 Å². The zero-order valence-corrected chi connectivity index (χ0v) is 31.7. The van der Waals surface area contributed by atoms with Crippen LogP contribution in [-0.2, 0) is 5.41 Å². The fourth-order valence-corrected chi connectivity index (χ4v) is 8.71. The third-order valence-corrected chi connectivity index (χ3v) is 11.7. The summed E-state index contributed by atoms with van der Waals surface area (Å²) in [5, 5.41) is 2.53. The minimum Gasteiger partial charge on any atom is -0.310 e. The molecule has 0 N–H and O–H groups in total. The smallest absolute Gasteiger partial charge is 0.0465 e. The van der Waals surface area contributed by atoms with Crippen molar-refractivity contribution in [2.45, 2.75) is 19.3 Å². The second-order valence-corrected chi connectivity index (χ2v) is 15.4. The Morgan fingerprint density at radius 1 is 0.304 bits per heavy atom. The zero-order chi connectivity index (χ0) is 37.6. The third kappa shape index (κ3) is 5.90. The van der Waals surface area contributed by atoms with Gasteiger partial charge in [-0.2, -0.15) is 0 Å². The minimum absolute atomic E-state index is 0.0949. The van der Waals surface area contributed by atoms with Crippen molar-refractivity contribution in [1.29, 1.82) is 0 Å². The molecular formula is C55H41N. The molecule has 1 heteroatoms. The molecule has 0 heterocycles. The molecule has 0 spiro atoms. The highest BCUT2D eigenvalue weighted by Gasteiger charge is 2.35. The van der Waals surface area contributed by atoms with Crippen LogP contribution in [0.25, 0.3) is 66.4 Å². The molecule has 266 valence electrons. The molecule has 9 aromatic rings. The number of nitrogens with zero attached hydrogens (tertiary/aromatic N) is 1. The summed E-state index contributed by atoms with van der Waals surface area (Å²) in [6, 6.07) is 77.5. The molecule has 0 fully saturated rings. The van der Waals surface area contributed by atoms with E-state index in [1.165, 1.54) is 77.5 Å². The summed E-state index contributed by atoms with van der Waals surface area (Å²) in [4.78, 5) is 2.40. The highest BCUT2D eigenvalue weighted by Crippen LogP contribution is 2.50. The van der Waals surface area contributed by atoms with E-state index in [4.69, 9.17) is 0 Å². The van der Waals surface area contributed by atoms with E-state index in [0.717, 1.165) is 17.1 Å². The lowest BCUT2D eigenvalue weighted by molar-refractivity contribution is 0.660. The van der Waals surface area contributed by atoms with Gasteiger partial charge in [0.25, 0.3) is 0 Å². The molecule has 0 atom stereocenters. The van der Waals surface area contributed by atoms with Crippen LogP contribution in [0.15, 0.2) is 212 Å². The molecule has 9 aromatic carbocycles. The molecule has 1 aliphatic carbocycles. The second kappa shape index (κ2) is 13.7. The number of rotatable bonds is 7. The van der Waals surface area contributed by atoms with Crippen molar-refractivity contribution in [2.75, 3.05) is 4.90 Å². The standard InChI is InChI=1S/C55H41N/c1-55(2)53-21-9-8-19-51(53)52-35-34-48(37-54(52)55)56(46-30-26-41(27-31-46)40-24-22-39(23-25-40)38-12-4-3-5-13-38)47-32-28-42(29-33-47)44-16-10-17-45(36-44)50-20-11-15-43-14-6-7-18-49(43)50/h3-37H,1-2H3. The molecule has 0 aliphatic heterocycles. The van der Waals surface area contributed by atoms with Crippen molar-refractivity contribution >= 4 is 27.8 Å². The number of hydrogen-bond donors (Lipinski definition) is 0. The van der Waals surface area contributed by atoms with Crippen LogP contribution >= 0.6 is 0 Å². The molecule has 0 saturated heterocycles. The van der Waals surface area contributed by atoms with Gasteiger partial charge in [-0.3, -0.25) is 0 Å². The van der Waals surface area contributed by atoms with E-state index in [-0.39, 0.29) is 5.41 Å². The Hall–Kier alpha value is -6.96. The Morgan fingerprint density at radius 2 is 0.768 bits per heavy atom. The minimum atomic E-state index is -0.0949. The van der Waals surface area contributed by atoms with Crippen molar-refractivity contribution in [2.24, 2.45) is 0 Å². The number of anilines is 3. The van der Waals surface area contributed by atoms with Crippen LogP contribution < -0.4 is 4.90 Å². The molecule has 0 saturated carbocycles. The van der Waals surface area contributed by atoms with E-state index < -0.39 is 0 Å². The summed E-state index contributed by atoms with van der Waals surface area (Å²) in [6.07, 6.45) is 0.